The van der Waals surface area contributed by atoms with E-state index in [0.717, 1.165) is 16.8 Å². The van der Waals surface area contributed by atoms with E-state index in [1.54, 1.807) is 11.9 Å². The highest BCUT2D eigenvalue weighted by atomic mass is 32.2. The predicted molar refractivity (Wildman–Crippen MR) is 110 cm³/mol. The first-order valence-corrected chi connectivity index (χ1v) is 10.9. The van der Waals surface area contributed by atoms with Crippen LogP contribution in [0, 0.1) is 26.2 Å². The molecular formula is C20H27N3O4S. The van der Waals surface area contributed by atoms with Gasteiger partial charge in [-0.3, -0.25) is 14.5 Å². The minimum atomic E-state index is -3.08. The summed E-state index contributed by atoms with van der Waals surface area (Å²) in [5, 5.41) is 2.85. The molecule has 0 aliphatic carbocycles. The molecule has 1 unspecified atom stereocenters. The summed E-state index contributed by atoms with van der Waals surface area (Å²) in [5.41, 5.74) is 2.65. The zero-order valence-corrected chi connectivity index (χ0v) is 17.4. The molecule has 7 nitrogen and oxygen atoms in total. The Kier molecular flexibility index (Phi) is 7.22. The molecule has 2 rings (SSSR count). The van der Waals surface area contributed by atoms with Crippen molar-refractivity contribution in [3.05, 3.63) is 29.3 Å². The Hall–Kier alpha value is -2.37. The standard InChI is InChI=1S/C20H27N3O4S/c1-5-10-23(17-9-11-28(26,27)14-17)13-19(25)22(4)12-18(24)21-20-15(2)7-6-8-16(20)3/h1,6-8,17H,9-14H2,2-4H3,(H,21,24). The van der Waals surface area contributed by atoms with E-state index in [1.807, 2.05) is 32.0 Å². The third-order valence-corrected chi connectivity index (χ3v) is 6.66. The molecule has 1 fully saturated rings. The summed E-state index contributed by atoms with van der Waals surface area (Å²) >= 11 is 0. The van der Waals surface area contributed by atoms with Gasteiger partial charge in [0.1, 0.15) is 0 Å². The smallest absolute Gasteiger partial charge is 0.243 e. The van der Waals surface area contributed by atoms with E-state index in [-0.39, 0.29) is 49.0 Å². The van der Waals surface area contributed by atoms with Crippen LogP contribution in [0.5, 0.6) is 0 Å². The van der Waals surface area contributed by atoms with E-state index in [2.05, 4.69) is 11.2 Å². The summed E-state index contributed by atoms with van der Waals surface area (Å²) in [6.07, 6.45) is 5.85. The molecule has 0 spiro atoms. The fourth-order valence-electron chi connectivity index (χ4n) is 3.28. The number of hydrogen-bond donors (Lipinski definition) is 1. The molecule has 1 atom stereocenters. The molecule has 8 heteroatoms. The van der Waals surface area contributed by atoms with Crippen molar-refractivity contribution in [3.63, 3.8) is 0 Å². The molecule has 28 heavy (non-hydrogen) atoms. The fraction of sp³-hybridized carbons (Fsp3) is 0.500. The second kappa shape index (κ2) is 9.22. The van der Waals surface area contributed by atoms with Crippen molar-refractivity contribution in [1.82, 2.24) is 9.80 Å². The topological polar surface area (TPSA) is 86.8 Å². The molecule has 1 aliphatic heterocycles. The summed E-state index contributed by atoms with van der Waals surface area (Å²) < 4.78 is 23.4. The first-order chi connectivity index (χ1) is 13.1. The predicted octanol–water partition coefficient (Wildman–Crippen LogP) is 0.823. The molecule has 0 saturated carbocycles. The number of nitrogens with one attached hydrogen (secondary N) is 1. The van der Waals surface area contributed by atoms with Crippen molar-refractivity contribution in [2.75, 3.05) is 43.5 Å². The normalized spacial score (nSPS) is 17.9. The fourth-order valence-corrected chi connectivity index (χ4v) is 5.04. The first kappa shape index (κ1) is 21.9. The minimum Gasteiger partial charge on any atom is -0.335 e. The molecule has 152 valence electrons. The average molecular weight is 406 g/mol. The largest absolute Gasteiger partial charge is 0.335 e. The summed E-state index contributed by atoms with van der Waals surface area (Å²) in [4.78, 5) is 27.9. The Morgan fingerprint density at radius 3 is 2.43 bits per heavy atom. The van der Waals surface area contributed by atoms with Gasteiger partial charge in [-0.2, -0.15) is 0 Å². The van der Waals surface area contributed by atoms with Crippen LogP contribution in [-0.4, -0.2) is 74.3 Å². The van der Waals surface area contributed by atoms with Gasteiger partial charge in [0, 0.05) is 18.8 Å². The lowest BCUT2D eigenvalue weighted by molar-refractivity contribution is -0.134. The molecule has 1 aromatic rings. The maximum Gasteiger partial charge on any atom is 0.243 e. The van der Waals surface area contributed by atoms with Gasteiger partial charge in [-0.05, 0) is 31.4 Å². The van der Waals surface area contributed by atoms with Gasteiger partial charge in [-0.1, -0.05) is 24.1 Å². The molecule has 1 saturated heterocycles. The lowest BCUT2D eigenvalue weighted by Gasteiger charge is -2.27. The summed E-state index contributed by atoms with van der Waals surface area (Å²) in [7, 11) is -1.53. The van der Waals surface area contributed by atoms with Crippen LogP contribution in [0.1, 0.15) is 17.5 Å². The van der Waals surface area contributed by atoms with Gasteiger partial charge in [0.25, 0.3) is 0 Å². The third kappa shape index (κ3) is 5.81. The molecule has 1 aromatic carbocycles. The number of nitrogens with zero attached hydrogens (tertiary/aromatic N) is 2. The van der Waals surface area contributed by atoms with E-state index in [4.69, 9.17) is 6.42 Å². The highest BCUT2D eigenvalue weighted by Crippen LogP contribution is 2.19. The highest BCUT2D eigenvalue weighted by Gasteiger charge is 2.33. The van der Waals surface area contributed by atoms with Crippen molar-refractivity contribution in [3.8, 4) is 12.3 Å². The molecule has 0 radical (unpaired) electrons. The number of anilines is 1. The van der Waals surface area contributed by atoms with Crippen LogP contribution >= 0.6 is 0 Å². The Balaban J connectivity index is 1.95. The number of rotatable bonds is 7. The number of sulfone groups is 1. The number of hydrogen-bond acceptors (Lipinski definition) is 5. The van der Waals surface area contributed by atoms with Crippen LogP contribution in [-0.2, 0) is 19.4 Å². The van der Waals surface area contributed by atoms with E-state index >= 15 is 0 Å². The number of terminal acetylenes is 1. The zero-order chi connectivity index (χ0) is 20.9. The van der Waals surface area contributed by atoms with Crippen molar-refractivity contribution in [2.45, 2.75) is 26.3 Å². The van der Waals surface area contributed by atoms with Crippen LogP contribution in [0.15, 0.2) is 18.2 Å². The number of carbonyl (C=O) groups is 2. The maximum atomic E-state index is 12.6. The number of likely N-dealkylation sites (N-methyl/N-ethyl adjacent to an activating group) is 1. The van der Waals surface area contributed by atoms with Gasteiger partial charge in [-0.25, -0.2) is 8.42 Å². The summed E-state index contributed by atoms with van der Waals surface area (Å²) in [5.74, 6) is 2.04. The second-order valence-corrected chi connectivity index (χ2v) is 9.46. The number of carbonyl (C=O) groups excluding carboxylic acids is 2. The lowest BCUT2D eigenvalue weighted by atomic mass is 10.1. The van der Waals surface area contributed by atoms with E-state index in [0.29, 0.717) is 6.42 Å². The van der Waals surface area contributed by atoms with Gasteiger partial charge in [0.05, 0.1) is 31.1 Å². The van der Waals surface area contributed by atoms with Gasteiger partial charge in [-0.15, -0.1) is 6.42 Å². The average Bonchev–Trinajstić information content (AvgIpc) is 2.97. The Morgan fingerprint density at radius 1 is 1.25 bits per heavy atom. The Bertz CT molecular complexity index is 869. The second-order valence-electron chi connectivity index (χ2n) is 7.23. The van der Waals surface area contributed by atoms with Gasteiger partial charge < -0.3 is 10.2 Å². The molecule has 1 N–H and O–H groups in total. The number of amides is 2. The number of para-hydroxylation sites is 1. The SMILES string of the molecule is C#CCN(CC(=O)N(C)CC(=O)Nc1c(C)cccc1C)C1CCS(=O)(=O)C1. The molecule has 2 amide bonds. The van der Waals surface area contributed by atoms with Crippen molar-refractivity contribution >= 4 is 27.3 Å². The summed E-state index contributed by atoms with van der Waals surface area (Å²) in [6, 6.07) is 5.47. The van der Waals surface area contributed by atoms with Gasteiger partial charge in [0.2, 0.25) is 11.8 Å². The zero-order valence-electron chi connectivity index (χ0n) is 16.6. The van der Waals surface area contributed by atoms with Crippen LogP contribution in [0.2, 0.25) is 0 Å². The van der Waals surface area contributed by atoms with Crippen molar-refractivity contribution < 1.29 is 18.0 Å². The maximum absolute atomic E-state index is 12.6. The van der Waals surface area contributed by atoms with Crippen LogP contribution < -0.4 is 5.32 Å². The molecule has 0 bridgehead atoms. The van der Waals surface area contributed by atoms with Crippen molar-refractivity contribution in [2.24, 2.45) is 0 Å². The molecule has 0 aromatic heterocycles. The highest BCUT2D eigenvalue weighted by molar-refractivity contribution is 7.91. The number of benzene rings is 1. The molecule has 1 aliphatic rings. The monoisotopic (exact) mass is 405 g/mol. The van der Waals surface area contributed by atoms with Crippen LogP contribution in [0.4, 0.5) is 5.69 Å². The molecule has 1 heterocycles. The van der Waals surface area contributed by atoms with E-state index in [9.17, 15) is 18.0 Å². The first-order valence-electron chi connectivity index (χ1n) is 9.11. The number of aryl methyl sites for hydroxylation is 2. The lowest BCUT2D eigenvalue weighted by Crippen LogP contribution is -2.46. The minimum absolute atomic E-state index is 0.0126. The Morgan fingerprint density at radius 2 is 1.89 bits per heavy atom. The van der Waals surface area contributed by atoms with Crippen molar-refractivity contribution in [1.29, 1.82) is 0 Å². The summed E-state index contributed by atoms with van der Waals surface area (Å²) in [6.45, 7) is 3.89. The van der Waals surface area contributed by atoms with Crippen LogP contribution in [0.25, 0.3) is 0 Å². The van der Waals surface area contributed by atoms with Gasteiger partial charge >= 0.3 is 0 Å². The van der Waals surface area contributed by atoms with E-state index < -0.39 is 9.84 Å². The van der Waals surface area contributed by atoms with E-state index in [1.165, 1.54) is 4.90 Å². The quantitative estimate of drug-likeness (QED) is 0.679. The Labute approximate surface area is 167 Å². The third-order valence-electron chi connectivity index (χ3n) is 4.91. The molecular weight excluding hydrogens is 378 g/mol. The van der Waals surface area contributed by atoms with Gasteiger partial charge in [0.15, 0.2) is 9.84 Å². The van der Waals surface area contributed by atoms with Crippen LogP contribution in [0.3, 0.4) is 0 Å².